The molecule has 25 heavy (non-hydrogen) atoms. The summed E-state index contributed by atoms with van der Waals surface area (Å²) in [6.07, 6.45) is 4.14. The van der Waals surface area contributed by atoms with Crippen molar-refractivity contribution in [2.45, 2.75) is 51.4 Å². The minimum atomic E-state index is -0.554. The van der Waals surface area contributed by atoms with E-state index in [0.29, 0.717) is 13.0 Å². The van der Waals surface area contributed by atoms with E-state index < -0.39 is 17.6 Å². The van der Waals surface area contributed by atoms with Crippen molar-refractivity contribution in [2.24, 2.45) is 5.92 Å². The third-order valence-electron chi connectivity index (χ3n) is 4.64. The van der Waals surface area contributed by atoms with Gasteiger partial charge in [-0.25, -0.2) is 0 Å². The van der Waals surface area contributed by atoms with Crippen molar-refractivity contribution in [1.82, 2.24) is 4.90 Å². The maximum absolute atomic E-state index is 12.6. The lowest BCUT2D eigenvalue weighted by Gasteiger charge is -2.31. The van der Waals surface area contributed by atoms with Gasteiger partial charge in [0.05, 0.1) is 19.1 Å². The summed E-state index contributed by atoms with van der Waals surface area (Å²) in [5.74, 6) is 0.0601. The van der Waals surface area contributed by atoms with E-state index in [1.165, 1.54) is 0 Å². The van der Waals surface area contributed by atoms with E-state index in [1.54, 1.807) is 13.2 Å². The van der Waals surface area contributed by atoms with Crippen LogP contribution in [-0.2, 0) is 20.9 Å². The van der Waals surface area contributed by atoms with Gasteiger partial charge >= 0.3 is 5.97 Å². The monoisotopic (exact) mass is 343 g/mol. The van der Waals surface area contributed by atoms with Crippen LogP contribution in [0.5, 0.6) is 5.75 Å². The van der Waals surface area contributed by atoms with Gasteiger partial charge < -0.3 is 9.47 Å². The standard InChI is InChI=1S/C20H25NO4/c1-20(2,3)25-19(23)16-11-14-8-9-17(22)18(16)21(14)12-13-6-5-7-15(10-13)24-4/h5-10,14,16,18H,11-12H2,1-4H3. The molecule has 1 saturated heterocycles. The van der Waals surface area contributed by atoms with Crippen LogP contribution in [0.15, 0.2) is 36.4 Å². The molecular formula is C20H25NO4. The number of carbonyl (C=O) groups excluding carboxylic acids is 2. The normalized spacial score (nSPS) is 25.9. The van der Waals surface area contributed by atoms with E-state index in [2.05, 4.69) is 4.90 Å². The van der Waals surface area contributed by atoms with Crippen molar-refractivity contribution in [2.75, 3.05) is 7.11 Å². The summed E-state index contributed by atoms with van der Waals surface area (Å²) in [5, 5.41) is 0. The average molecular weight is 343 g/mol. The first-order valence-electron chi connectivity index (χ1n) is 8.62. The number of fused-ring (bicyclic) bond motifs is 2. The van der Waals surface area contributed by atoms with Crippen LogP contribution in [0.1, 0.15) is 32.8 Å². The van der Waals surface area contributed by atoms with Crippen molar-refractivity contribution in [1.29, 1.82) is 0 Å². The largest absolute Gasteiger partial charge is 0.497 e. The summed E-state index contributed by atoms with van der Waals surface area (Å²) in [7, 11) is 1.63. The van der Waals surface area contributed by atoms with Gasteiger partial charge in [-0.15, -0.1) is 0 Å². The molecule has 3 unspecified atom stereocenters. The first-order valence-corrected chi connectivity index (χ1v) is 8.62. The molecule has 0 saturated carbocycles. The van der Waals surface area contributed by atoms with Gasteiger partial charge in [-0.2, -0.15) is 0 Å². The topological polar surface area (TPSA) is 55.8 Å². The summed E-state index contributed by atoms with van der Waals surface area (Å²) >= 11 is 0. The Morgan fingerprint density at radius 1 is 1.32 bits per heavy atom. The molecule has 1 fully saturated rings. The second-order valence-electron chi connectivity index (χ2n) is 7.67. The number of ether oxygens (including phenoxy) is 2. The maximum Gasteiger partial charge on any atom is 0.311 e. The average Bonchev–Trinajstić information content (AvgIpc) is 2.79. The van der Waals surface area contributed by atoms with Gasteiger partial charge in [0.25, 0.3) is 0 Å². The quantitative estimate of drug-likeness (QED) is 0.787. The van der Waals surface area contributed by atoms with Crippen LogP contribution in [0.3, 0.4) is 0 Å². The molecule has 0 radical (unpaired) electrons. The summed E-state index contributed by atoms with van der Waals surface area (Å²) in [5.41, 5.74) is 0.504. The number of ketones is 1. The number of esters is 1. The third kappa shape index (κ3) is 3.76. The van der Waals surface area contributed by atoms with Gasteiger partial charge in [-0.3, -0.25) is 14.5 Å². The molecule has 0 N–H and O–H groups in total. The number of carbonyl (C=O) groups is 2. The second-order valence-corrected chi connectivity index (χ2v) is 7.67. The number of rotatable bonds is 4. The molecule has 5 nitrogen and oxygen atoms in total. The minimum absolute atomic E-state index is 0.0208. The lowest BCUT2D eigenvalue weighted by atomic mass is 9.97. The van der Waals surface area contributed by atoms with E-state index in [1.807, 2.05) is 51.1 Å². The van der Waals surface area contributed by atoms with Crippen LogP contribution in [0, 0.1) is 5.92 Å². The van der Waals surface area contributed by atoms with Crippen molar-refractivity contribution in [3.8, 4) is 5.75 Å². The molecule has 2 aliphatic rings. The Kier molecular flexibility index (Phi) is 4.69. The van der Waals surface area contributed by atoms with Gasteiger partial charge in [0.15, 0.2) is 5.78 Å². The van der Waals surface area contributed by atoms with Crippen LogP contribution in [-0.4, -0.2) is 41.4 Å². The fourth-order valence-electron chi connectivity index (χ4n) is 3.62. The Hall–Kier alpha value is -2.14. The molecule has 5 heteroatoms. The SMILES string of the molecule is COc1cccc(CN2C3C=CC(=O)C2C(C(=O)OC(C)(C)C)C3)c1. The van der Waals surface area contributed by atoms with Crippen LogP contribution in [0.4, 0.5) is 0 Å². The highest BCUT2D eigenvalue weighted by Gasteiger charge is 2.50. The van der Waals surface area contributed by atoms with Gasteiger partial charge in [0.2, 0.25) is 0 Å². The smallest absolute Gasteiger partial charge is 0.311 e. The second kappa shape index (κ2) is 6.64. The Morgan fingerprint density at radius 2 is 2.08 bits per heavy atom. The number of benzene rings is 1. The number of nitrogens with zero attached hydrogens (tertiary/aromatic N) is 1. The lowest BCUT2D eigenvalue weighted by Crippen LogP contribution is -2.46. The summed E-state index contributed by atoms with van der Waals surface area (Å²) in [4.78, 5) is 27.2. The lowest BCUT2D eigenvalue weighted by molar-refractivity contribution is -0.161. The van der Waals surface area contributed by atoms with Crippen LogP contribution < -0.4 is 4.74 Å². The summed E-state index contributed by atoms with van der Waals surface area (Å²) in [6.45, 7) is 6.14. The van der Waals surface area contributed by atoms with E-state index in [9.17, 15) is 9.59 Å². The zero-order valence-corrected chi connectivity index (χ0v) is 15.2. The summed E-state index contributed by atoms with van der Waals surface area (Å²) < 4.78 is 10.8. The highest BCUT2D eigenvalue weighted by molar-refractivity contribution is 5.99. The van der Waals surface area contributed by atoms with Crippen molar-refractivity contribution in [3.05, 3.63) is 42.0 Å². The maximum atomic E-state index is 12.6. The van der Waals surface area contributed by atoms with E-state index >= 15 is 0 Å². The molecule has 2 bridgehead atoms. The molecule has 0 amide bonds. The van der Waals surface area contributed by atoms with Crippen molar-refractivity contribution in [3.63, 3.8) is 0 Å². The van der Waals surface area contributed by atoms with Crippen LogP contribution in [0.25, 0.3) is 0 Å². The molecule has 1 aromatic carbocycles. The van der Waals surface area contributed by atoms with Gasteiger partial charge in [0, 0.05) is 12.6 Å². The minimum Gasteiger partial charge on any atom is -0.497 e. The van der Waals surface area contributed by atoms with E-state index in [4.69, 9.17) is 9.47 Å². The third-order valence-corrected chi connectivity index (χ3v) is 4.64. The zero-order chi connectivity index (χ0) is 18.2. The molecule has 134 valence electrons. The Labute approximate surface area is 148 Å². The number of methoxy groups -OCH3 is 1. The molecular weight excluding hydrogens is 318 g/mol. The van der Waals surface area contributed by atoms with Gasteiger partial charge in [0.1, 0.15) is 11.4 Å². The first kappa shape index (κ1) is 17.7. The molecule has 0 aliphatic carbocycles. The van der Waals surface area contributed by atoms with E-state index in [-0.39, 0.29) is 17.8 Å². The Balaban J connectivity index is 1.81. The molecule has 3 atom stereocenters. The molecule has 2 heterocycles. The van der Waals surface area contributed by atoms with Crippen molar-refractivity contribution < 1.29 is 19.1 Å². The number of hydrogen-bond acceptors (Lipinski definition) is 5. The van der Waals surface area contributed by atoms with Gasteiger partial charge in [-0.1, -0.05) is 18.2 Å². The Morgan fingerprint density at radius 3 is 2.76 bits per heavy atom. The molecule has 0 spiro atoms. The first-order chi connectivity index (χ1) is 11.8. The summed E-state index contributed by atoms with van der Waals surface area (Å²) in [6, 6.07) is 7.42. The molecule has 1 aromatic rings. The highest BCUT2D eigenvalue weighted by atomic mass is 16.6. The number of hydrogen-bond donors (Lipinski definition) is 0. The Bertz CT molecular complexity index is 704. The predicted octanol–water partition coefficient (Wildman–Crippen LogP) is 2.73. The van der Waals surface area contributed by atoms with Crippen LogP contribution >= 0.6 is 0 Å². The van der Waals surface area contributed by atoms with Crippen LogP contribution in [0.2, 0.25) is 0 Å². The molecule has 2 aliphatic heterocycles. The predicted molar refractivity (Wildman–Crippen MR) is 94.2 cm³/mol. The van der Waals surface area contributed by atoms with E-state index in [0.717, 1.165) is 11.3 Å². The zero-order valence-electron chi connectivity index (χ0n) is 15.2. The highest BCUT2D eigenvalue weighted by Crippen LogP contribution is 2.37. The van der Waals surface area contributed by atoms with Gasteiger partial charge in [-0.05, 0) is 51.0 Å². The molecule has 0 aromatic heterocycles. The van der Waals surface area contributed by atoms with Crippen molar-refractivity contribution >= 4 is 11.8 Å². The molecule has 3 rings (SSSR count). The fraction of sp³-hybridized carbons (Fsp3) is 0.500. The fourth-order valence-corrected chi connectivity index (χ4v) is 3.62.